The molecule has 0 spiro atoms. The molecule has 1 N–H and O–H groups in total. The van der Waals surface area contributed by atoms with Crippen LogP contribution in [0.25, 0.3) is 0 Å². The van der Waals surface area contributed by atoms with Gasteiger partial charge in [0, 0.05) is 13.0 Å². The molecule has 62 valence electrons. The number of nitrogens with zero attached hydrogens (tertiary/aromatic N) is 1. The van der Waals surface area contributed by atoms with Gasteiger partial charge in [0.25, 0.3) is 0 Å². The highest BCUT2D eigenvalue weighted by molar-refractivity contribution is 5.06. The van der Waals surface area contributed by atoms with Gasteiger partial charge in [0.05, 0.1) is 5.69 Å². The molecule has 3 nitrogen and oxygen atoms in total. The minimum absolute atomic E-state index is 0.797. The Kier molecular flexibility index (Phi) is 3.11. The van der Waals surface area contributed by atoms with Gasteiger partial charge in [-0.15, -0.1) is 0 Å². The highest BCUT2D eigenvalue weighted by atomic mass is 16.3. The molecule has 0 atom stereocenters. The number of oxazole rings is 1. The molecule has 0 aliphatic rings. The quantitative estimate of drug-likeness (QED) is 0.711. The van der Waals surface area contributed by atoms with Crippen LogP contribution in [0.5, 0.6) is 0 Å². The second kappa shape index (κ2) is 4.13. The van der Waals surface area contributed by atoms with E-state index < -0.39 is 0 Å². The van der Waals surface area contributed by atoms with Crippen molar-refractivity contribution < 1.29 is 4.42 Å². The molecule has 1 aromatic heterocycles. The fourth-order valence-corrected chi connectivity index (χ4v) is 1.04. The van der Waals surface area contributed by atoms with Crippen molar-refractivity contribution >= 4 is 0 Å². The predicted molar refractivity (Wildman–Crippen MR) is 43.3 cm³/mol. The van der Waals surface area contributed by atoms with Crippen molar-refractivity contribution in [3.05, 3.63) is 17.8 Å². The third-order valence-corrected chi connectivity index (χ3v) is 1.55. The number of aryl methyl sites for hydroxylation is 1. The Hall–Kier alpha value is -0.830. The minimum atomic E-state index is 0.797. The second-order valence-electron chi connectivity index (χ2n) is 2.50. The van der Waals surface area contributed by atoms with Crippen LogP contribution >= 0.6 is 0 Å². The smallest absolute Gasteiger partial charge is 0.181 e. The van der Waals surface area contributed by atoms with Gasteiger partial charge in [-0.05, 0) is 13.5 Å². The van der Waals surface area contributed by atoms with Crippen molar-refractivity contribution in [2.75, 3.05) is 7.05 Å². The van der Waals surface area contributed by atoms with E-state index in [1.807, 2.05) is 7.05 Å². The van der Waals surface area contributed by atoms with Gasteiger partial charge in [0.1, 0.15) is 5.76 Å². The number of nitrogens with one attached hydrogen (secondary N) is 1. The highest BCUT2D eigenvalue weighted by Crippen LogP contribution is 2.08. The second-order valence-corrected chi connectivity index (χ2v) is 2.50. The third-order valence-electron chi connectivity index (χ3n) is 1.55. The maximum absolute atomic E-state index is 5.21. The van der Waals surface area contributed by atoms with Crippen LogP contribution in [-0.4, -0.2) is 12.0 Å². The molecular weight excluding hydrogens is 140 g/mol. The summed E-state index contributed by atoms with van der Waals surface area (Å²) in [6, 6.07) is 0. The van der Waals surface area contributed by atoms with E-state index in [2.05, 4.69) is 17.2 Å². The molecule has 0 amide bonds. The Morgan fingerprint density at radius 3 is 3.09 bits per heavy atom. The van der Waals surface area contributed by atoms with Gasteiger partial charge >= 0.3 is 0 Å². The van der Waals surface area contributed by atoms with E-state index >= 15 is 0 Å². The van der Waals surface area contributed by atoms with E-state index in [4.69, 9.17) is 4.42 Å². The Morgan fingerprint density at radius 1 is 1.64 bits per heavy atom. The van der Waals surface area contributed by atoms with Crippen molar-refractivity contribution in [2.24, 2.45) is 0 Å². The maximum Gasteiger partial charge on any atom is 0.181 e. The van der Waals surface area contributed by atoms with Crippen LogP contribution < -0.4 is 5.32 Å². The van der Waals surface area contributed by atoms with Crippen molar-refractivity contribution in [2.45, 2.75) is 26.3 Å². The third kappa shape index (κ3) is 2.05. The van der Waals surface area contributed by atoms with E-state index in [9.17, 15) is 0 Å². The fraction of sp³-hybridized carbons (Fsp3) is 0.625. The summed E-state index contributed by atoms with van der Waals surface area (Å²) >= 11 is 0. The summed E-state index contributed by atoms with van der Waals surface area (Å²) in [7, 11) is 1.91. The molecule has 0 aromatic carbocycles. The zero-order valence-electron chi connectivity index (χ0n) is 7.05. The van der Waals surface area contributed by atoms with E-state index in [-0.39, 0.29) is 0 Å². The first-order valence-corrected chi connectivity index (χ1v) is 3.94. The number of hydrogen-bond acceptors (Lipinski definition) is 3. The summed E-state index contributed by atoms with van der Waals surface area (Å²) in [5.74, 6) is 1.02. The summed E-state index contributed by atoms with van der Waals surface area (Å²) in [6.45, 7) is 2.93. The maximum atomic E-state index is 5.21. The number of hydrogen-bond donors (Lipinski definition) is 1. The zero-order valence-corrected chi connectivity index (χ0v) is 7.05. The molecule has 3 heteroatoms. The molecule has 1 heterocycles. The molecule has 0 bridgehead atoms. The van der Waals surface area contributed by atoms with Gasteiger partial charge in [-0.25, -0.2) is 4.98 Å². The lowest BCUT2D eigenvalue weighted by Gasteiger charge is -1.96. The molecule has 0 radical (unpaired) electrons. The summed E-state index contributed by atoms with van der Waals surface area (Å²) < 4.78 is 5.21. The van der Waals surface area contributed by atoms with E-state index in [1.54, 1.807) is 0 Å². The van der Waals surface area contributed by atoms with Crippen molar-refractivity contribution in [1.29, 1.82) is 0 Å². The topological polar surface area (TPSA) is 38.1 Å². The molecular formula is C8H14N2O. The first-order valence-electron chi connectivity index (χ1n) is 3.94. The van der Waals surface area contributed by atoms with Crippen LogP contribution in [-0.2, 0) is 13.0 Å². The monoisotopic (exact) mass is 154 g/mol. The van der Waals surface area contributed by atoms with Crippen LogP contribution in [0.4, 0.5) is 0 Å². The summed E-state index contributed by atoms with van der Waals surface area (Å²) in [4.78, 5) is 4.10. The molecule has 1 rings (SSSR count). The molecule has 0 aliphatic carbocycles. The minimum Gasteiger partial charge on any atom is -0.448 e. The van der Waals surface area contributed by atoms with Crippen LogP contribution in [0, 0.1) is 0 Å². The molecule has 0 aliphatic heterocycles. The van der Waals surface area contributed by atoms with E-state index in [1.165, 1.54) is 6.39 Å². The molecule has 0 unspecified atom stereocenters. The van der Waals surface area contributed by atoms with Crippen LogP contribution in [0.3, 0.4) is 0 Å². The average molecular weight is 154 g/mol. The zero-order chi connectivity index (χ0) is 8.10. The number of aromatic nitrogens is 1. The molecule has 11 heavy (non-hydrogen) atoms. The molecule has 0 fully saturated rings. The molecule has 0 saturated heterocycles. The Bertz CT molecular complexity index is 187. The van der Waals surface area contributed by atoms with Gasteiger partial charge < -0.3 is 9.73 Å². The lowest BCUT2D eigenvalue weighted by atomic mass is 10.2. The van der Waals surface area contributed by atoms with Crippen LogP contribution in [0.15, 0.2) is 10.8 Å². The van der Waals surface area contributed by atoms with E-state index in [0.717, 1.165) is 30.8 Å². The van der Waals surface area contributed by atoms with Crippen molar-refractivity contribution in [3.8, 4) is 0 Å². The summed E-state index contributed by atoms with van der Waals surface area (Å²) in [6.07, 6.45) is 3.60. The van der Waals surface area contributed by atoms with Gasteiger partial charge in [-0.3, -0.25) is 0 Å². The van der Waals surface area contributed by atoms with Gasteiger partial charge in [-0.1, -0.05) is 6.92 Å². The number of rotatable bonds is 4. The van der Waals surface area contributed by atoms with Gasteiger partial charge in [0.15, 0.2) is 6.39 Å². The van der Waals surface area contributed by atoms with Gasteiger partial charge in [0.2, 0.25) is 0 Å². The van der Waals surface area contributed by atoms with E-state index in [0.29, 0.717) is 0 Å². The Labute approximate surface area is 66.8 Å². The average Bonchev–Trinajstić information content (AvgIpc) is 2.39. The molecule has 1 aromatic rings. The lowest BCUT2D eigenvalue weighted by Crippen LogP contribution is -2.07. The highest BCUT2D eigenvalue weighted by Gasteiger charge is 2.04. The first-order chi connectivity index (χ1) is 5.38. The van der Waals surface area contributed by atoms with Gasteiger partial charge in [-0.2, -0.15) is 0 Å². The SMILES string of the molecule is CCCc1ocnc1CNC. The van der Waals surface area contributed by atoms with Crippen molar-refractivity contribution in [1.82, 2.24) is 10.3 Å². The normalized spacial score (nSPS) is 10.4. The summed E-state index contributed by atoms with van der Waals surface area (Å²) in [5.41, 5.74) is 1.04. The molecule has 0 saturated carbocycles. The van der Waals surface area contributed by atoms with Crippen LogP contribution in [0.2, 0.25) is 0 Å². The Morgan fingerprint density at radius 2 is 2.45 bits per heavy atom. The largest absolute Gasteiger partial charge is 0.448 e. The van der Waals surface area contributed by atoms with Crippen LogP contribution in [0.1, 0.15) is 24.8 Å². The predicted octanol–water partition coefficient (Wildman–Crippen LogP) is 1.35. The summed E-state index contributed by atoms with van der Waals surface area (Å²) in [5, 5.41) is 3.05. The fourth-order valence-electron chi connectivity index (χ4n) is 1.04. The lowest BCUT2D eigenvalue weighted by molar-refractivity contribution is 0.496. The standard InChI is InChI=1S/C8H14N2O/c1-3-4-8-7(5-9-2)10-6-11-8/h6,9H,3-5H2,1-2H3. The Balaban J connectivity index is 2.62. The first kappa shape index (κ1) is 8.27. The van der Waals surface area contributed by atoms with Crippen molar-refractivity contribution in [3.63, 3.8) is 0 Å².